The minimum atomic E-state index is -0.385. The molecule has 2 aromatic carbocycles. The number of aromatic hydroxyl groups is 1. The van der Waals surface area contributed by atoms with E-state index in [1.54, 1.807) is 0 Å². The topological polar surface area (TPSA) is 29.5 Å². The van der Waals surface area contributed by atoms with E-state index < -0.39 is 0 Å². The summed E-state index contributed by atoms with van der Waals surface area (Å²) in [6.45, 7) is 6.45. The Bertz CT molecular complexity index is 763. The van der Waals surface area contributed by atoms with E-state index in [-0.39, 0.29) is 16.8 Å². The highest BCUT2D eigenvalue weighted by atomic mass is 79.9. The van der Waals surface area contributed by atoms with Gasteiger partial charge in [-0.2, -0.15) is 0 Å². The molecule has 1 aliphatic rings. The highest BCUT2D eigenvalue weighted by Gasteiger charge is 2.48. The van der Waals surface area contributed by atoms with Crippen LogP contribution >= 0.6 is 47.8 Å². The zero-order valence-electron chi connectivity index (χ0n) is 13.1. The maximum absolute atomic E-state index is 10.0. The first-order valence-electron chi connectivity index (χ1n) is 7.30. The van der Waals surface area contributed by atoms with Gasteiger partial charge in [-0.25, -0.2) is 0 Å². The van der Waals surface area contributed by atoms with Crippen LogP contribution in [0.25, 0.3) is 0 Å². The zero-order chi connectivity index (χ0) is 17.0. The van der Waals surface area contributed by atoms with Gasteiger partial charge in [0, 0.05) is 9.89 Å². The number of rotatable bonds is 1. The molecule has 0 saturated heterocycles. The quantitative estimate of drug-likeness (QED) is 0.490. The Morgan fingerprint density at radius 2 is 1.61 bits per heavy atom. The van der Waals surface area contributed by atoms with Crippen LogP contribution in [0, 0.1) is 0 Å². The van der Waals surface area contributed by atoms with Crippen molar-refractivity contribution in [3.05, 3.63) is 54.9 Å². The lowest BCUT2D eigenvalue weighted by Crippen LogP contribution is -2.53. The van der Waals surface area contributed by atoms with Crippen LogP contribution in [0.5, 0.6) is 11.5 Å². The van der Waals surface area contributed by atoms with Crippen LogP contribution in [0.4, 0.5) is 0 Å². The fourth-order valence-corrected chi connectivity index (χ4v) is 4.70. The summed E-state index contributed by atoms with van der Waals surface area (Å²) < 4.78 is 8.75. The standard InChI is InChI=1S/C18H17Br3O2/c1-17(2)18(3,11-7-13(20)16(22)14(21)8-11)9-10-6-12(19)4-5-15(10)23-17/h4-8,22H,9H2,1-3H3. The van der Waals surface area contributed by atoms with Gasteiger partial charge in [0.15, 0.2) is 0 Å². The van der Waals surface area contributed by atoms with Gasteiger partial charge in [0.25, 0.3) is 0 Å². The van der Waals surface area contributed by atoms with Crippen molar-refractivity contribution in [2.45, 2.75) is 38.2 Å². The summed E-state index contributed by atoms with van der Waals surface area (Å²) in [7, 11) is 0. The number of phenols is 1. The zero-order valence-corrected chi connectivity index (χ0v) is 17.8. The molecule has 0 fully saturated rings. The summed E-state index contributed by atoms with van der Waals surface area (Å²) in [4.78, 5) is 0. The highest BCUT2D eigenvalue weighted by Crippen LogP contribution is 2.49. The number of hydrogen-bond donors (Lipinski definition) is 1. The van der Waals surface area contributed by atoms with Gasteiger partial charge in [0.05, 0.1) is 8.95 Å². The molecule has 1 unspecified atom stereocenters. The van der Waals surface area contributed by atoms with Crippen LogP contribution < -0.4 is 4.74 Å². The highest BCUT2D eigenvalue weighted by molar-refractivity contribution is 9.11. The second-order valence-electron chi connectivity index (χ2n) is 6.66. The Morgan fingerprint density at radius 3 is 2.22 bits per heavy atom. The largest absolute Gasteiger partial charge is 0.506 e. The summed E-state index contributed by atoms with van der Waals surface area (Å²) in [5, 5.41) is 10.0. The van der Waals surface area contributed by atoms with Crippen molar-refractivity contribution >= 4 is 47.8 Å². The van der Waals surface area contributed by atoms with Crippen LogP contribution in [0.15, 0.2) is 43.7 Å². The third-order valence-corrected chi connectivity index (χ3v) is 6.62. The van der Waals surface area contributed by atoms with Crippen molar-refractivity contribution < 1.29 is 9.84 Å². The van der Waals surface area contributed by atoms with Gasteiger partial charge in [0.1, 0.15) is 17.1 Å². The van der Waals surface area contributed by atoms with E-state index in [0.717, 1.165) is 22.2 Å². The fourth-order valence-electron chi connectivity index (χ4n) is 3.10. The molecule has 122 valence electrons. The van der Waals surface area contributed by atoms with E-state index in [1.165, 1.54) is 5.56 Å². The third kappa shape index (κ3) is 2.85. The Hall–Kier alpha value is -0.520. The summed E-state index contributed by atoms with van der Waals surface area (Å²) in [6, 6.07) is 10.1. The van der Waals surface area contributed by atoms with Gasteiger partial charge >= 0.3 is 0 Å². The molecule has 0 spiro atoms. The normalized spacial score (nSPS) is 22.3. The molecule has 0 amide bonds. The Kier molecular flexibility index (Phi) is 4.35. The smallest absolute Gasteiger partial charge is 0.143 e. The molecule has 1 aliphatic heterocycles. The Balaban J connectivity index is 2.16. The molecule has 23 heavy (non-hydrogen) atoms. The third-order valence-electron chi connectivity index (χ3n) is 4.91. The minimum Gasteiger partial charge on any atom is -0.506 e. The first-order chi connectivity index (χ1) is 10.6. The number of ether oxygens (including phenoxy) is 1. The van der Waals surface area contributed by atoms with Crippen molar-refractivity contribution in [1.82, 2.24) is 0 Å². The average molecular weight is 505 g/mol. The van der Waals surface area contributed by atoms with E-state index in [0.29, 0.717) is 8.95 Å². The number of phenolic OH excluding ortho intramolecular Hbond substituents is 1. The molecule has 2 aromatic rings. The van der Waals surface area contributed by atoms with Crippen molar-refractivity contribution in [2.75, 3.05) is 0 Å². The number of fused-ring (bicyclic) bond motifs is 1. The predicted octanol–water partition coefficient (Wildman–Crippen LogP) is 6.35. The molecule has 1 atom stereocenters. The first-order valence-corrected chi connectivity index (χ1v) is 9.68. The lowest BCUT2D eigenvalue weighted by molar-refractivity contribution is 0.00970. The number of halogens is 3. The van der Waals surface area contributed by atoms with Gasteiger partial charge in [-0.1, -0.05) is 22.9 Å². The first kappa shape index (κ1) is 17.3. The van der Waals surface area contributed by atoms with Crippen LogP contribution in [-0.4, -0.2) is 10.7 Å². The van der Waals surface area contributed by atoms with Gasteiger partial charge in [0.2, 0.25) is 0 Å². The van der Waals surface area contributed by atoms with E-state index in [9.17, 15) is 5.11 Å². The van der Waals surface area contributed by atoms with Crippen LogP contribution in [0.3, 0.4) is 0 Å². The molecule has 0 bridgehead atoms. The van der Waals surface area contributed by atoms with Crippen LogP contribution in [0.2, 0.25) is 0 Å². The number of hydrogen-bond acceptors (Lipinski definition) is 2. The minimum absolute atomic E-state index is 0.218. The van der Waals surface area contributed by atoms with Gasteiger partial charge in [-0.05, 0) is 93.6 Å². The molecule has 1 N–H and O–H groups in total. The molecular weight excluding hydrogens is 488 g/mol. The summed E-state index contributed by atoms with van der Waals surface area (Å²) in [6.07, 6.45) is 0.860. The molecule has 0 aliphatic carbocycles. The fraction of sp³-hybridized carbons (Fsp3) is 0.333. The van der Waals surface area contributed by atoms with E-state index in [4.69, 9.17) is 4.74 Å². The summed E-state index contributed by atoms with van der Waals surface area (Å²) in [5.41, 5.74) is 1.68. The number of benzene rings is 2. The molecule has 2 nitrogen and oxygen atoms in total. The monoisotopic (exact) mass is 502 g/mol. The van der Waals surface area contributed by atoms with E-state index >= 15 is 0 Å². The second kappa shape index (κ2) is 5.78. The molecular formula is C18H17Br3O2. The Morgan fingerprint density at radius 1 is 1.00 bits per heavy atom. The summed E-state index contributed by atoms with van der Waals surface area (Å²) >= 11 is 10.4. The van der Waals surface area contributed by atoms with Crippen molar-refractivity contribution in [1.29, 1.82) is 0 Å². The Labute approximate surface area is 161 Å². The van der Waals surface area contributed by atoms with Gasteiger partial charge < -0.3 is 9.84 Å². The van der Waals surface area contributed by atoms with Crippen molar-refractivity contribution in [2.24, 2.45) is 0 Å². The van der Waals surface area contributed by atoms with Crippen molar-refractivity contribution in [3.8, 4) is 11.5 Å². The molecule has 0 saturated carbocycles. The van der Waals surface area contributed by atoms with Crippen LogP contribution in [0.1, 0.15) is 31.9 Å². The maximum Gasteiger partial charge on any atom is 0.143 e. The van der Waals surface area contributed by atoms with Crippen LogP contribution in [-0.2, 0) is 11.8 Å². The van der Waals surface area contributed by atoms with E-state index in [1.807, 2.05) is 24.3 Å². The SMILES string of the molecule is CC1(C)Oc2ccc(Br)cc2CC1(C)c1cc(Br)c(O)c(Br)c1. The average Bonchev–Trinajstić information content (AvgIpc) is 2.45. The molecule has 0 radical (unpaired) electrons. The molecule has 3 rings (SSSR count). The van der Waals surface area contributed by atoms with E-state index in [2.05, 4.69) is 74.6 Å². The molecule has 5 heteroatoms. The molecule has 1 heterocycles. The molecule has 0 aromatic heterocycles. The predicted molar refractivity (Wildman–Crippen MR) is 103 cm³/mol. The van der Waals surface area contributed by atoms with Gasteiger partial charge in [-0.3, -0.25) is 0 Å². The summed E-state index contributed by atoms with van der Waals surface area (Å²) in [5.74, 6) is 1.16. The van der Waals surface area contributed by atoms with Crippen molar-refractivity contribution in [3.63, 3.8) is 0 Å². The van der Waals surface area contributed by atoms with Gasteiger partial charge in [-0.15, -0.1) is 0 Å². The second-order valence-corrected chi connectivity index (χ2v) is 9.29. The maximum atomic E-state index is 10.0. The lowest BCUT2D eigenvalue weighted by atomic mass is 9.65. The lowest BCUT2D eigenvalue weighted by Gasteiger charge is -2.49.